The number of esters is 1. The molecule has 1 amide bonds. The van der Waals surface area contributed by atoms with E-state index < -0.39 is 6.10 Å². The molecule has 0 aliphatic carbocycles. The highest BCUT2D eigenvalue weighted by molar-refractivity contribution is 5.97. The van der Waals surface area contributed by atoms with Crippen LogP contribution in [-0.4, -0.2) is 53.0 Å². The molecule has 33 heavy (non-hydrogen) atoms. The van der Waals surface area contributed by atoms with E-state index in [9.17, 15) is 14.7 Å². The molecule has 1 N–H and O–H groups in total. The number of benzene rings is 2. The molecule has 166 valence electrons. The number of amides is 1. The zero-order valence-corrected chi connectivity index (χ0v) is 18.1. The average Bonchev–Trinajstić information content (AvgIpc) is 3.20. The van der Waals surface area contributed by atoms with Gasteiger partial charge >= 0.3 is 5.97 Å². The number of hydrogen-bond acceptors (Lipinski definition) is 7. The maximum absolute atomic E-state index is 12.9. The monoisotopic (exact) mass is 442 g/mol. The summed E-state index contributed by atoms with van der Waals surface area (Å²) in [5.74, 6) is -0.370. The van der Waals surface area contributed by atoms with Crippen molar-refractivity contribution >= 4 is 28.5 Å². The number of nitriles is 1. The van der Waals surface area contributed by atoms with Crippen LogP contribution in [0.25, 0.3) is 10.9 Å². The molecule has 2 aliphatic rings. The fourth-order valence-corrected chi connectivity index (χ4v) is 4.57. The van der Waals surface area contributed by atoms with Crippen LogP contribution in [0.1, 0.15) is 38.8 Å². The molecule has 8 heteroatoms. The smallest absolute Gasteiger partial charge is 0.338 e. The number of aliphatic hydroxyl groups excluding tert-OH is 1. The van der Waals surface area contributed by atoms with Crippen molar-refractivity contribution in [2.45, 2.75) is 19.6 Å². The van der Waals surface area contributed by atoms with Gasteiger partial charge in [0.1, 0.15) is 18.4 Å². The number of pyridine rings is 1. The van der Waals surface area contributed by atoms with E-state index in [1.165, 1.54) is 0 Å². The van der Waals surface area contributed by atoms with Crippen molar-refractivity contribution in [2.75, 3.05) is 31.1 Å². The zero-order valence-electron chi connectivity index (χ0n) is 18.1. The molecule has 1 fully saturated rings. The molecule has 0 saturated carbocycles. The van der Waals surface area contributed by atoms with E-state index in [-0.39, 0.29) is 25.0 Å². The highest BCUT2D eigenvalue weighted by atomic mass is 16.5. The van der Waals surface area contributed by atoms with Gasteiger partial charge in [-0.05, 0) is 54.4 Å². The second kappa shape index (κ2) is 8.28. The zero-order chi connectivity index (χ0) is 23.1. The van der Waals surface area contributed by atoms with Crippen LogP contribution in [0.3, 0.4) is 0 Å². The van der Waals surface area contributed by atoms with Gasteiger partial charge in [-0.1, -0.05) is 6.07 Å². The van der Waals surface area contributed by atoms with Crippen LogP contribution in [0.4, 0.5) is 5.69 Å². The third-order valence-electron chi connectivity index (χ3n) is 6.40. The minimum Gasteiger partial charge on any atom is -0.457 e. The second-order valence-corrected chi connectivity index (χ2v) is 8.36. The number of carbonyl (C=O) groups is 2. The first-order valence-corrected chi connectivity index (χ1v) is 10.8. The summed E-state index contributed by atoms with van der Waals surface area (Å²) in [6.45, 7) is 3.77. The Hall–Kier alpha value is -3.80. The summed E-state index contributed by atoms with van der Waals surface area (Å²) in [6, 6.07) is 14.6. The molecule has 3 aromatic rings. The summed E-state index contributed by atoms with van der Waals surface area (Å²) < 4.78 is 5.10. The van der Waals surface area contributed by atoms with Gasteiger partial charge in [-0.2, -0.15) is 5.26 Å². The summed E-state index contributed by atoms with van der Waals surface area (Å²) in [4.78, 5) is 32.6. The van der Waals surface area contributed by atoms with Gasteiger partial charge in [0.25, 0.3) is 0 Å². The lowest BCUT2D eigenvalue weighted by Gasteiger charge is -2.35. The number of hydrogen-bond donors (Lipinski definition) is 1. The number of nitrogens with zero attached hydrogens (tertiary/aromatic N) is 4. The van der Waals surface area contributed by atoms with Gasteiger partial charge in [0.15, 0.2) is 0 Å². The molecule has 3 heterocycles. The van der Waals surface area contributed by atoms with Crippen molar-refractivity contribution < 1.29 is 19.4 Å². The Labute approximate surface area is 190 Å². The van der Waals surface area contributed by atoms with Gasteiger partial charge in [0.2, 0.25) is 5.91 Å². The van der Waals surface area contributed by atoms with E-state index in [2.05, 4.69) is 4.98 Å². The molecule has 5 rings (SSSR count). The fourth-order valence-electron chi connectivity index (χ4n) is 4.57. The van der Waals surface area contributed by atoms with E-state index in [1.54, 1.807) is 23.1 Å². The van der Waals surface area contributed by atoms with Crippen molar-refractivity contribution in [2.24, 2.45) is 0 Å². The Bertz CT molecular complexity index is 1330. The molecule has 2 aromatic carbocycles. The minimum absolute atomic E-state index is 0.0425. The molecule has 1 atom stereocenters. The van der Waals surface area contributed by atoms with Gasteiger partial charge < -0.3 is 14.7 Å². The summed E-state index contributed by atoms with van der Waals surface area (Å²) >= 11 is 0. The Morgan fingerprint density at radius 2 is 2.03 bits per heavy atom. The predicted octanol–water partition coefficient (Wildman–Crippen LogP) is 2.47. The lowest BCUT2D eigenvalue weighted by molar-refractivity contribution is -0.121. The van der Waals surface area contributed by atoms with E-state index in [1.807, 2.05) is 42.2 Å². The quantitative estimate of drug-likeness (QED) is 0.619. The lowest BCUT2D eigenvalue weighted by atomic mass is 9.95. The van der Waals surface area contributed by atoms with Gasteiger partial charge in [0, 0.05) is 36.3 Å². The molecule has 1 aromatic heterocycles. The van der Waals surface area contributed by atoms with E-state index in [0.717, 1.165) is 27.8 Å². The first-order chi connectivity index (χ1) is 15.9. The van der Waals surface area contributed by atoms with Crippen LogP contribution in [0.5, 0.6) is 0 Å². The molecule has 0 bridgehead atoms. The molecule has 2 aliphatic heterocycles. The third-order valence-corrected chi connectivity index (χ3v) is 6.40. The number of fused-ring (bicyclic) bond motifs is 2. The van der Waals surface area contributed by atoms with Crippen molar-refractivity contribution in [1.82, 2.24) is 9.88 Å². The Kier molecular flexibility index (Phi) is 5.29. The number of β-amino-alcohol motifs (C(OH)–C–C–N with tert-alkyl or cyclic N) is 1. The predicted molar refractivity (Wildman–Crippen MR) is 121 cm³/mol. The molecular weight excluding hydrogens is 420 g/mol. The first kappa shape index (κ1) is 21.1. The van der Waals surface area contributed by atoms with Crippen LogP contribution in [-0.2, 0) is 16.1 Å². The molecule has 1 saturated heterocycles. The summed E-state index contributed by atoms with van der Waals surface area (Å²) in [5.41, 5.74) is 4.85. The topological polar surface area (TPSA) is 107 Å². The van der Waals surface area contributed by atoms with Gasteiger partial charge in [-0.15, -0.1) is 0 Å². The number of aromatic nitrogens is 1. The highest BCUT2D eigenvalue weighted by Gasteiger charge is 2.29. The highest BCUT2D eigenvalue weighted by Crippen LogP contribution is 2.30. The number of aliphatic hydroxyl groups is 1. The van der Waals surface area contributed by atoms with Crippen LogP contribution >= 0.6 is 0 Å². The van der Waals surface area contributed by atoms with Crippen molar-refractivity contribution in [1.29, 1.82) is 5.26 Å². The van der Waals surface area contributed by atoms with E-state index >= 15 is 0 Å². The Morgan fingerprint density at radius 3 is 2.82 bits per heavy atom. The van der Waals surface area contributed by atoms with Gasteiger partial charge in [-0.25, -0.2) is 9.78 Å². The van der Waals surface area contributed by atoms with Crippen molar-refractivity contribution in [3.05, 3.63) is 70.4 Å². The first-order valence-electron chi connectivity index (χ1n) is 10.8. The summed E-state index contributed by atoms with van der Waals surface area (Å²) in [6.07, 6.45) is -0.772. The number of anilines is 1. The van der Waals surface area contributed by atoms with E-state index in [0.29, 0.717) is 36.4 Å². The standard InChI is InChI=1S/C25H22N4O4/c1-15-19(5-6-20-21(15)14-33-25(20)32)23(30)12-28-8-9-29(24(31)13-28)18-4-7-22-16(10-18)2-3-17(11-26)27-22/h2-7,10,23,30H,8-9,12-14H2,1H3/t23-/m0/s1. The van der Waals surface area contributed by atoms with Gasteiger partial charge in [0.05, 0.1) is 23.7 Å². The fraction of sp³-hybridized carbons (Fsp3) is 0.280. The second-order valence-electron chi connectivity index (χ2n) is 8.36. The lowest BCUT2D eigenvalue weighted by Crippen LogP contribution is -2.51. The minimum atomic E-state index is -0.772. The average molecular weight is 442 g/mol. The van der Waals surface area contributed by atoms with E-state index in [4.69, 9.17) is 10.00 Å². The van der Waals surface area contributed by atoms with Crippen LogP contribution in [0.2, 0.25) is 0 Å². The number of carbonyl (C=O) groups excluding carboxylic acids is 2. The summed E-state index contributed by atoms with van der Waals surface area (Å²) in [5, 5.41) is 20.7. The molecule has 8 nitrogen and oxygen atoms in total. The third kappa shape index (κ3) is 3.82. The van der Waals surface area contributed by atoms with Crippen LogP contribution in [0.15, 0.2) is 42.5 Å². The van der Waals surface area contributed by atoms with Crippen LogP contribution < -0.4 is 4.90 Å². The Morgan fingerprint density at radius 1 is 1.18 bits per heavy atom. The number of piperazine rings is 1. The normalized spacial score (nSPS) is 17.1. The number of cyclic esters (lactones) is 1. The summed E-state index contributed by atoms with van der Waals surface area (Å²) in [7, 11) is 0. The number of ether oxygens (including phenoxy) is 1. The number of rotatable bonds is 4. The van der Waals surface area contributed by atoms with Crippen LogP contribution in [0, 0.1) is 18.3 Å². The molecule has 0 radical (unpaired) electrons. The van der Waals surface area contributed by atoms with Crippen molar-refractivity contribution in [3.63, 3.8) is 0 Å². The maximum Gasteiger partial charge on any atom is 0.338 e. The van der Waals surface area contributed by atoms with Gasteiger partial charge in [-0.3, -0.25) is 9.69 Å². The molecular formula is C25H22N4O4. The van der Waals surface area contributed by atoms with Crippen molar-refractivity contribution in [3.8, 4) is 6.07 Å². The SMILES string of the molecule is Cc1c([C@@H](O)CN2CCN(c3ccc4nc(C#N)ccc4c3)C(=O)C2)ccc2c1COC2=O. The molecule has 0 unspecified atom stereocenters. The Balaban J connectivity index is 1.27. The molecule has 0 spiro atoms. The maximum atomic E-state index is 12.9. The largest absolute Gasteiger partial charge is 0.457 e.